The summed E-state index contributed by atoms with van der Waals surface area (Å²) in [6.07, 6.45) is 2.81. The number of nitriles is 1. The van der Waals surface area contributed by atoms with Crippen LogP contribution < -0.4 is 0 Å². The molecule has 0 spiro atoms. The van der Waals surface area contributed by atoms with Crippen LogP contribution in [0.1, 0.15) is 54.1 Å². The van der Waals surface area contributed by atoms with Crippen LogP contribution in [0.15, 0.2) is 28.7 Å². The van der Waals surface area contributed by atoms with Crippen LogP contribution in [0.5, 0.6) is 0 Å². The van der Waals surface area contributed by atoms with Crippen LogP contribution in [-0.2, 0) is 30.7 Å². The summed E-state index contributed by atoms with van der Waals surface area (Å²) in [5.74, 6) is -0.193. The highest BCUT2D eigenvalue weighted by Gasteiger charge is 2.25. The normalized spacial score (nSPS) is 15.3. The van der Waals surface area contributed by atoms with E-state index in [0.717, 1.165) is 91.9 Å². The lowest BCUT2D eigenvalue weighted by molar-refractivity contribution is 0.0530. The van der Waals surface area contributed by atoms with Crippen LogP contribution in [0.4, 0.5) is 0 Å². The van der Waals surface area contributed by atoms with Crippen molar-refractivity contribution in [1.29, 1.82) is 5.26 Å². The van der Waals surface area contributed by atoms with Crippen molar-refractivity contribution in [2.24, 2.45) is 0 Å². The zero-order valence-corrected chi connectivity index (χ0v) is 24.8. The number of carbonyl (C=O) groups is 2. The van der Waals surface area contributed by atoms with Crippen molar-refractivity contribution in [2.45, 2.75) is 32.9 Å². The van der Waals surface area contributed by atoms with Crippen LogP contribution in [0.2, 0.25) is 0 Å². The first-order valence-electron chi connectivity index (χ1n) is 12.6. The molecule has 196 valence electrons. The van der Waals surface area contributed by atoms with E-state index >= 15 is 0 Å². The molecule has 0 unspecified atom stereocenters. The largest absolute Gasteiger partial charge is 0.462 e. The van der Waals surface area contributed by atoms with Crippen molar-refractivity contribution in [1.82, 2.24) is 9.80 Å². The fourth-order valence-electron chi connectivity index (χ4n) is 5.32. The Balaban J connectivity index is 0.000000156. The van der Waals surface area contributed by atoms with E-state index in [4.69, 9.17) is 4.74 Å². The average Bonchev–Trinajstić information content (AvgIpc) is 3.31. The molecule has 0 N–H and O–H groups in total. The van der Waals surface area contributed by atoms with Gasteiger partial charge in [0.2, 0.25) is 0 Å². The van der Waals surface area contributed by atoms with E-state index in [2.05, 4.69) is 58.0 Å². The molecule has 0 radical (unpaired) electrons. The second-order valence-corrected chi connectivity index (χ2v) is 12.6. The zero-order chi connectivity index (χ0) is 27.0. The van der Waals surface area contributed by atoms with Gasteiger partial charge in [0.1, 0.15) is 4.88 Å². The number of ether oxygens (including phenoxy) is 1. The highest BCUT2D eigenvalue weighted by Crippen LogP contribution is 2.40. The molecule has 0 atom stereocenters. The maximum Gasteiger partial charge on any atom is 0.348 e. The van der Waals surface area contributed by atoms with Crippen LogP contribution in [0, 0.1) is 11.3 Å². The van der Waals surface area contributed by atoms with Gasteiger partial charge in [-0.2, -0.15) is 5.26 Å². The van der Waals surface area contributed by atoms with Crippen molar-refractivity contribution in [2.75, 3.05) is 33.8 Å². The Morgan fingerprint density at radius 1 is 1.00 bits per heavy atom. The van der Waals surface area contributed by atoms with Crippen LogP contribution in [-0.4, -0.2) is 55.8 Å². The summed E-state index contributed by atoms with van der Waals surface area (Å²) >= 11 is 6.72. The third kappa shape index (κ3) is 4.92. The van der Waals surface area contributed by atoms with Crippen LogP contribution in [0.25, 0.3) is 20.2 Å². The molecule has 0 saturated carbocycles. The third-order valence-corrected chi connectivity index (χ3v) is 10.2. The van der Waals surface area contributed by atoms with Gasteiger partial charge in [-0.05, 0) is 80.4 Å². The highest BCUT2D eigenvalue weighted by molar-refractivity contribution is 9.10. The van der Waals surface area contributed by atoms with Crippen molar-refractivity contribution in [3.8, 4) is 6.07 Å². The lowest BCUT2D eigenvalue weighted by atomic mass is 9.99. The fraction of sp³-hybridized carbons (Fsp3) is 0.345. The Morgan fingerprint density at radius 2 is 1.63 bits per heavy atom. The number of rotatable bonds is 3. The van der Waals surface area contributed by atoms with E-state index < -0.39 is 0 Å². The molecule has 0 amide bonds. The molecule has 2 aliphatic heterocycles. The molecule has 38 heavy (non-hydrogen) atoms. The minimum absolute atomic E-state index is 0.193. The number of likely N-dealkylation sites (N-methyl/N-ethyl adjacent to an activating group) is 2. The van der Waals surface area contributed by atoms with Crippen molar-refractivity contribution >= 4 is 71.0 Å². The lowest BCUT2D eigenvalue weighted by Gasteiger charge is -2.13. The summed E-state index contributed by atoms with van der Waals surface area (Å²) in [5, 5.41) is 11.6. The summed E-state index contributed by atoms with van der Waals surface area (Å²) in [6.45, 7) is 5.77. The van der Waals surface area contributed by atoms with Gasteiger partial charge in [-0.25, -0.2) is 4.79 Å². The smallest absolute Gasteiger partial charge is 0.348 e. The highest BCUT2D eigenvalue weighted by atomic mass is 79.9. The maximum atomic E-state index is 12.2. The molecule has 4 heterocycles. The van der Waals surface area contributed by atoms with E-state index in [9.17, 15) is 14.9 Å². The second-order valence-electron chi connectivity index (χ2n) is 9.64. The molecule has 0 saturated heterocycles. The fourth-order valence-corrected chi connectivity index (χ4v) is 8.05. The number of esters is 1. The van der Waals surface area contributed by atoms with Gasteiger partial charge in [0.15, 0.2) is 6.29 Å². The summed E-state index contributed by atoms with van der Waals surface area (Å²) in [6, 6.07) is 10.3. The van der Waals surface area contributed by atoms with Crippen molar-refractivity contribution < 1.29 is 14.3 Å². The number of halogens is 1. The molecule has 2 aliphatic rings. The molecule has 2 aromatic heterocycles. The number of carbonyl (C=O) groups excluding carboxylic acids is 2. The Bertz CT molecular complexity index is 1600. The topological polar surface area (TPSA) is 73.6 Å². The van der Waals surface area contributed by atoms with Gasteiger partial charge in [0.25, 0.3) is 0 Å². The summed E-state index contributed by atoms with van der Waals surface area (Å²) < 4.78 is 8.64. The SMILES string of the molecule is CCOC(=O)c1sc2ccc(Br)c3c2c1CN(C)CC3.CN1CCc2c(C#N)ccc3sc(C=O)c(c23)C1. The number of thiophene rings is 2. The minimum Gasteiger partial charge on any atom is -0.462 e. The van der Waals surface area contributed by atoms with E-state index in [-0.39, 0.29) is 5.97 Å². The van der Waals surface area contributed by atoms with E-state index in [1.165, 1.54) is 27.0 Å². The van der Waals surface area contributed by atoms with Gasteiger partial charge in [0, 0.05) is 50.8 Å². The summed E-state index contributed by atoms with van der Waals surface area (Å²) in [7, 11) is 4.15. The predicted molar refractivity (Wildman–Crippen MR) is 157 cm³/mol. The summed E-state index contributed by atoms with van der Waals surface area (Å²) in [5.41, 5.74) is 5.39. The van der Waals surface area contributed by atoms with Gasteiger partial charge in [0.05, 0.1) is 23.1 Å². The zero-order valence-electron chi connectivity index (χ0n) is 21.6. The number of aldehydes is 1. The molecule has 0 bridgehead atoms. The first kappa shape index (κ1) is 27.0. The molecular weight excluding hydrogens is 582 g/mol. The molecular formula is C29H28BrN3O3S2. The van der Waals surface area contributed by atoms with Gasteiger partial charge in [-0.15, -0.1) is 22.7 Å². The monoisotopic (exact) mass is 609 g/mol. The third-order valence-electron chi connectivity index (χ3n) is 7.13. The van der Waals surface area contributed by atoms with Gasteiger partial charge >= 0.3 is 5.97 Å². The maximum absolute atomic E-state index is 12.2. The number of hydrogen-bond donors (Lipinski definition) is 0. The van der Waals surface area contributed by atoms with Gasteiger partial charge in [-0.3, -0.25) is 4.79 Å². The Morgan fingerprint density at radius 3 is 2.32 bits per heavy atom. The lowest BCUT2D eigenvalue weighted by Crippen LogP contribution is -2.19. The Labute approximate surface area is 238 Å². The minimum atomic E-state index is -0.193. The molecule has 6 rings (SSSR count). The molecule has 6 nitrogen and oxygen atoms in total. The first-order valence-corrected chi connectivity index (χ1v) is 15.0. The van der Waals surface area contributed by atoms with Crippen molar-refractivity contribution in [3.63, 3.8) is 0 Å². The molecule has 4 aromatic rings. The van der Waals surface area contributed by atoms with E-state index in [0.29, 0.717) is 6.61 Å². The number of hydrogen-bond acceptors (Lipinski definition) is 8. The van der Waals surface area contributed by atoms with Crippen LogP contribution >= 0.6 is 38.6 Å². The Hall–Kier alpha value is -2.61. The first-order chi connectivity index (χ1) is 18.4. The Kier molecular flexibility index (Phi) is 7.98. The quantitative estimate of drug-likeness (QED) is 0.198. The molecule has 2 aromatic carbocycles. The van der Waals surface area contributed by atoms with E-state index in [1.54, 1.807) is 11.3 Å². The molecule has 0 aliphatic carbocycles. The summed E-state index contributed by atoms with van der Waals surface area (Å²) in [4.78, 5) is 29.4. The second kappa shape index (κ2) is 11.2. The number of nitrogens with zero attached hydrogens (tertiary/aromatic N) is 3. The van der Waals surface area contributed by atoms with E-state index in [1.807, 2.05) is 19.1 Å². The number of benzene rings is 2. The molecule has 0 fully saturated rings. The van der Waals surface area contributed by atoms with Gasteiger partial charge in [-0.1, -0.05) is 15.9 Å². The predicted octanol–water partition coefficient (Wildman–Crippen LogP) is 6.40. The van der Waals surface area contributed by atoms with Crippen molar-refractivity contribution in [3.05, 3.63) is 66.3 Å². The average molecular weight is 611 g/mol. The molecule has 9 heteroatoms. The van der Waals surface area contributed by atoms with Crippen LogP contribution in [0.3, 0.4) is 0 Å². The standard InChI is InChI=1S/C15H16BrNO2S.C14H12N2OS/c1-3-19-15(18)14-10-8-17(2)7-6-9-11(16)4-5-12(20-14)13(9)10;1-16-5-4-10-9(6-15)2-3-12-14(10)11(7-16)13(8-17)18-12/h4-5H,3,6-8H2,1-2H3;2-3,8H,4-5,7H2,1H3. The van der Waals surface area contributed by atoms with Gasteiger partial charge < -0.3 is 14.5 Å².